The van der Waals surface area contributed by atoms with E-state index in [0.717, 1.165) is 11.3 Å². The van der Waals surface area contributed by atoms with Crippen LogP contribution >= 0.6 is 0 Å². The number of aromatic nitrogens is 4. The van der Waals surface area contributed by atoms with Gasteiger partial charge in [-0.3, -0.25) is 4.68 Å². The van der Waals surface area contributed by atoms with Gasteiger partial charge in [-0.05, 0) is 23.4 Å². The fraction of sp³-hybridized carbons (Fsp3) is 0.154. The van der Waals surface area contributed by atoms with Gasteiger partial charge in [0.2, 0.25) is 0 Å². The maximum atomic E-state index is 5.20. The molecule has 0 aliphatic heterocycles. The molecule has 0 saturated carbocycles. The summed E-state index contributed by atoms with van der Waals surface area (Å²) < 4.78 is 7.00. The first-order valence-electron chi connectivity index (χ1n) is 5.93. The third-order valence-corrected chi connectivity index (χ3v) is 2.80. The summed E-state index contributed by atoms with van der Waals surface area (Å²) in [6, 6.07) is 11.6. The second-order valence-electron chi connectivity index (χ2n) is 4.09. The SMILES string of the molecule is Cn1nccc1CNc1noc(-c2ccccc2)n1. The van der Waals surface area contributed by atoms with Crippen LogP contribution in [-0.4, -0.2) is 19.9 Å². The summed E-state index contributed by atoms with van der Waals surface area (Å²) in [5.74, 6) is 0.980. The number of anilines is 1. The Balaban J connectivity index is 1.70. The predicted molar refractivity (Wildman–Crippen MR) is 70.3 cm³/mol. The molecule has 0 bridgehead atoms. The summed E-state index contributed by atoms with van der Waals surface area (Å²) in [6.07, 6.45) is 1.75. The first-order chi connectivity index (χ1) is 9.33. The lowest BCUT2D eigenvalue weighted by atomic mass is 10.2. The molecule has 0 fully saturated rings. The van der Waals surface area contributed by atoms with Crippen LogP contribution < -0.4 is 5.32 Å². The van der Waals surface area contributed by atoms with Crippen LogP contribution in [0.4, 0.5) is 5.95 Å². The first-order valence-corrected chi connectivity index (χ1v) is 5.93. The van der Waals surface area contributed by atoms with Crippen molar-refractivity contribution in [2.75, 3.05) is 5.32 Å². The van der Waals surface area contributed by atoms with Gasteiger partial charge in [0, 0.05) is 18.8 Å². The molecule has 1 aromatic carbocycles. The molecule has 0 amide bonds. The molecule has 2 heterocycles. The highest BCUT2D eigenvalue weighted by atomic mass is 16.5. The fourth-order valence-electron chi connectivity index (χ4n) is 1.74. The number of rotatable bonds is 4. The van der Waals surface area contributed by atoms with Crippen molar-refractivity contribution in [1.29, 1.82) is 0 Å². The highest BCUT2D eigenvalue weighted by molar-refractivity contribution is 5.53. The van der Waals surface area contributed by atoms with E-state index < -0.39 is 0 Å². The highest BCUT2D eigenvalue weighted by Crippen LogP contribution is 2.17. The van der Waals surface area contributed by atoms with E-state index in [9.17, 15) is 0 Å². The van der Waals surface area contributed by atoms with Gasteiger partial charge >= 0.3 is 0 Å². The average molecular weight is 255 g/mol. The molecule has 0 spiro atoms. The molecular formula is C13H13N5O. The van der Waals surface area contributed by atoms with Gasteiger partial charge in [-0.2, -0.15) is 10.1 Å². The molecular weight excluding hydrogens is 242 g/mol. The Bertz CT molecular complexity index is 658. The van der Waals surface area contributed by atoms with Crippen molar-refractivity contribution in [3.63, 3.8) is 0 Å². The molecule has 0 saturated heterocycles. The van der Waals surface area contributed by atoms with Crippen molar-refractivity contribution >= 4 is 5.95 Å². The standard InChI is InChI=1S/C13H13N5O/c1-18-11(7-8-15-18)9-14-13-16-12(19-17-13)10-5-3-2-4-6-10/h2-8H,9H2,1H3,(H,14,17). The van der Waals surface area contributed by atoms with E-state index >= 15 is 0 Å². The van der Waals surface area contributed by atoms with E-state index in [0.29, 0.717) is 18.4 Å². The van der Waals surface area contributed by atoms with E-state index in [-0.39, 0.29) is 0 Å². The third kappa shape index (κ3) is 2.47. The fourth-order valence-corrected chi connectivity index (χ4v) is 1.74. The molecule has 0 aliphatic carbocycles. The first kappa shape index (κ1) is 11.5. The molecule has 96 valence electrons. The summed E-state index contributed by atoms with van der Waals surface area (Å²) in [7, 11) is 1.89. The van der Waals surface area contributed by atoms with Crippen molar-refractivity contribution in [2.24, 2.45) is 7.05 Å². The highest BCUT2D eigenvalue weighted by Gasteiger charge is 2.08. The van der Waals surface area contributed by atoms with Crippen LogP contribution in [0.3, 0.4) is 0 Å². The zero-order valence-electron chi connectivity index (χ0n) is 10.4. The van der Waals surface area contributed by atoms with E-state index in [4.69, 9.17) is 4.52 Å². The molecule has 0 aliphatic rings. The van der Waals surface area contributed by atoms with Crippen LogP contribution in [0.2, 0.25) is 0 Å². The maximum Gasteiger partial charge on any atom is 0.264 e. The number of hydrogen-bond donors (Lipinski definition) is 1. The molecule has 0 radical (unpaired) electrons. The zero-order valence-corrected chi connectivity index (χ0v) is 10.4. The van der Waals surface area contributed by atoms with Crippen LogP contribution in [0.1, 0.15) is 5.69 Å². The minimum Gasteiger partial charge on any atom is -0.346 e. The lowest BCUT2D eigenvalue weighted by Crippen LogP contribution is -2.06. The van der Waals surface area contributed by atoms with Crippen LogP contribution in [0, 0.1) is 0 Å². The van der Waals surface area contributed by atoms with Gasteiger partial charge in [-0.1, -0.05) is 18.2 Å². The van der Waals surface area contributed by atoms with Gasteiger partial charge in [-0.15, -0.1) is 0 Å². The van der Waals surface area contributed by atoms with Crippen LogP contribution in [0.25, 0.3) is 11.5 Å². The third-order valence-electron chi connectivity index (χ3n) is 2.80. The second kappa shape index (κ2) is 4.93. The maximum absolute atomic E-state index is 5.20. The smallest absolute Gasteiger partial charge is 0.264 e. The number of aryl methyl sites for hydroxylation is 1. The summed E-state index contributed by atoms with van der Waals surface area (Å²) in [5, 5.41) is 11.1. The normalized spacial score (nSPS) is 10.6. The number of nitrogens with zero attached hydrogens (tertiary/aromatic N) is 4. The van der Waals surface area contributed by atoms with Gasteiger partial charge in [0.15, 0.2) is 0 Å². The van der Waals surface area contributed by atoms with Crippen molar-refractivity contribution in [1.82, 2.24) is 19.9 Å². The van der Waals surface area contributed by atoms with Gasteiger partial charge in [-0.25, -0.2) is 0 Å². The molecule has 6 nitrogen and oxygen atoms in total. The summed E-state index contributed by atoms with van der Waals surface area (Å²) in [5.41, 5.74) is 1.95. The van der Waals surface area contributed by atoms with Gasteiger partial charge in [0.1, 0.15) is 0 Å². The van der Waals surface area contributed by atoms with Gasteiger partial charge in [0.25, 0.3) is 11.8 Å². The monoisotopic (exact) mass is 255 g/mol. The van der Waals surface area contributed by atoms with Gasteiger partial charge in [0.05, 0.1) is 12.2 Å². The molecule has 0 unspecified atom stereocenters. The Morgan fingerprint density at radius 2 is 2.05 bits per heavy atom. The summed E-state index contributed by atoms with van der Waals surface area (Å²) in [6.45, 7) is 0.601. The van der Waals surface area contributed by atoms with Gasteiger partial charge < -0.3 is 9.84 Å². The van der Waals surface area contributed by atoms with Crippen LogP contribution in [0.5, 0.6) is 0 Å². The van der Waals surface area contributed by atoms with Crippen molar-refractivity contribution in [2.45, 2.75) is 6.54 Å². The Kier molecular flexibility index (Phi) is 2.97. The minimum absolute atomic E-state index is 0.472. The Hall–Kier alpha value is -2.63. The van der Waals surface area contributed by atoms with E-state index in [2.05, 4.69) is 20.6 Å². The quantitative estimate of drug-likeness (QED) is 0.773. The molecule has 3 aromatic rings. The Morgan fingerprint density at radius 1 is 1.21 bits per heavy atom. The van der Waals surface area contributed by atoms with Crippen molar-refractivity contribution in [3.05, 3.63) is 48.3 Å². The number of benzene rings is 1. The van der Waals surface area contributed by atoms with E-state index in [1.54, 1.807) is 10.9 Å². The number of hydrogen-bond acceptors (Lipinski definition) is 5. The molecule has 2 aromatic heterocycles. The average Bonchev–Trinajstić information content (AvgIpc) is 3.06. The Labute approximate surface area is 110 Å². The lowest BCUT2D eigenvalue weighted by Gasteiger charge is -2.01. The molecule has 1 N–H and O–H groups in total. The lowest BCUT2D eigenvalue weighted by molar-refractivity contribution is 0.432. The predicted octanol–water partition coefficient (Wildman–Crippen LogP) is 2.08. The summed E-state index contributed by atoms with van der Waals surface area (Å²) >= 11 is 0. The van der Waals surface area contributed by atoms with Crippen molar-refractivity contribution < 1.29 is 4.52 Å². The molecule has 6 heteroatoms. The largest absolute Gasteiger partial charge is 0.346 e. The van der Waals surface area contributed by atoms with Crippen LogP contribution in [0.15, 0.2) is 47.1 Å². The summed E-state index contributed by atoms with van der Waals surface area (Å²) in [4.78, 5) is 4.29. The zero-order chi connectivity index (χ0) is 13.1. The Morgan fingerprint density at radius 3 is 2.79 bits per heavy atom. The molecule has 19 heavy (non-hydrogen) atoms. The van der Waals surface area contributed by atoms with Crippen molar-refractivity contribution in [3.8, 4) is 11.5 Å². The molecule has 0 atom stereocenters. The second-order valence-corrected chi connectivity index (χ2v) is 4.09. The minimum atomic E-state index is 0.472. The topological polar surface area (TPSA) is 68.8 Å². The number of nitrogens with one attached hydrogen (secondary N) is 1. The molecule has 3 rings (SSSR count). The van der Waals surface area contributed by atoms with E-state index in [1.165, 1.54) is 0 Å². The van der Waals surface area contributed by atoms with E-state index in [1.807, 2.05) is 43.4 Å². The van der Waals surface area contributed by atoms with Crippen LogP contribution in [-0.2, 0) is 13.6 Å².